The highest BCUT2D eigenvalue weighted by Crippen LogP contribution is 2.77. The van der Waals surface area contributed by atoms with Crippen molar-refractivity contribution >= 4 is 121 Å². The van der Waals surface area contributed by atoms with Crippen LogP contribution < -0.4 is 9.80 Å². The molecular weight excluding hydrogens is 1240 g/mol. The number of anilines is 6. The van der Waals surface area contributed by atoms with Gasteiger partial charge in [0.1, 0.15) is 11.2 Å². The Morgan fingerprint density at radius 1 is 0.235 bits per heavy atom. The first kappa shape index (κ1) is 59.8. The molecule has 2 aromatic heterocycles. The summed E-state index contributed by atoms with van der Waals surface area (Å²) in [7, 11) is 0. The van der Waals surface area contributed by atoms with Crippen LogP contribution in [-0.2, 0) is 10.8 Å². The summed E-state index contributed by atoms with van der Waals surface area (Å²) in [5.74, 6) is 0. The Hall–Kier alpha value is -12.2. The summed E-state index contributed by atoms with van der Waals surface area (Å²) in [4.78, 5) is 5.05. The molecule has 4 nitrogen and oxygen atoms in total. The summed E-state index contributed by atoms with van der Waals surface area (Å²) in [6.07, 6.45) is 0. The third kappa shape index (κ3) is 8.26. The Labute approximate surface area is 593 Å². The molecule has 0 aliphatic heterocycles. The molecule has 2 heterocycles. The van der Waals surface area contributed by atoms with Crippen LogP contribution in [0.4, 0.5) is 34.1 Å². The molecule has 0 fully saturated rings. The minimum Gasteiger partial charge on any atom is -0.454 e. The molecule has 0 saturated carbocycles. The maximum Gasteiger partial charge on any atom is 0.159 e. The van der Waals surface area contributed by atoms with Crippen LogP contribution in [0.2, 0.25) is 0 Å². The Bertz CT molecular complexity index is 6070. The lowest BCUT2D eigenvalue weighted by molar-refractivity contribution is 0.0596. The van der Waals surface area contributed by atoms with Crippen molar-refractivity contribution in [3.8, 4) is 44.5 Å². The monoisotopic (exact) mass is 1310 g/mol. The first-order valence-electron chi connectivity index (χ1n) is 35.8. The molecule has 0 amide bonds. The molecule has 0 bridgehead atoms. The lowest BCUT2D eigenvalue weighted by Gasteiger charge is -2.62. The molecule has 2 aliphatic rings. The minimum atomic E-state index is -0.886. The van der Waals surface area contributed by atoms with Crippen molar-refractivity contribution in [2.24, 2.45) is 10.8 Å². The lowest BCUT2D eigenvalue weighted by Crippen LogP contribution is -2.62. The van der Waals surface area contributed by atoms with Crippen LogP contribution in [0.5, 0.6) is 0 Å². The topological polar surface area (TPSA) is 32.8 Å². The van der Waals surface area contributed by atoms with Crippen LogP contribution >= 0.6 is 0 Å². The maximum atomic E-state index is 7.20. The van der Waals surface area contributed by atoms with E-state index in [0.29, 0.717) is 0 Å². The standard InChI is InChI=1S/C98H72N2O2/c1-95(2,3)97(79-57-51-65-31-13-15-33-69(65)89(79)91-75-39-19-17-35-71(75)85(59-81(91)97)99(67-53-47-63(48-54-67)61-27-9-7-10-28-61)83-43-25-41-77-73-37-21-23-45-87(73)101-93(77)83)98(96(4,5)6)80-58-52-66-32-14-16-34-70(66)90(80)92-76-40-20-18-36-72(76)86(60-82(92)98)100(68-55-49-64(50-56-68)62-29-11-8-12-30-62)84-44-26-42-78-74-38-22-24-46-88(74)102-94(78)84/h7-60H,1-6H3. The molecule has 18 aromatic rings. The van der Waals surface area contributed by atoms with E-state index in [1.54, 1.807) is 0 Å². The fourth-order valence-corrected chi connectivity index (χ4v) is 19.3. The average Bonchev–Trinajstić information content (AvgIpc) is 1.45. The van der Waals surface area contributed by atoms with Crippen molar-refractivity contribution in [3.63, 3.8) is 0 Å². The molecule has 2 atom stereocenters. The van der Waals surface area contributed by atoms with Gasteiger partial charge in [-0.3, -0.25) is 0 Å². The fraction of sp³-hybridized carbons (Fsp3) is 0.102. The summed E-state index contributed by atoms with van der Waals surface area (Å²) in [5.41, 5.74) is 21.6. The fourth-order valence-electron chi connectivity index (χ4n) is 19.3. The van der Waals surface area contributed by atoms with E-state index >= 15 is 0 Å². The summed E-state index contributed by atoms with van der Waals surface area (Å²) in [6.45, 7) is 15.3. The van der Waals surface area contributed by atoms with Crippen molar-refractivity contribution in [2.75, 3.05) is 9.80 Å². The van der Waals surface area contributed by atoms with Crippen LogP contribution in [0.1, 0.15) is 63.8 Å². The van der Waals surface area contributed by atoms with Crippen molar-refractivity contribution in [1.82, 2.24) is 0 Å². The van der Waals surface area contributed by atoms with Gasteiger partial charge in [-0.1, -0.05) is 308 Å². The normalized spacial score (nSPS) is 15.6. The molecular formula is C98H72N2O2. The minimum absolute atomic E-state index is 0.563. The molecule has 0 N–H and O–H groups in total. The summed E-state index contributed by atoms with van der Waals surface area (Å²) in [5, 5.41) is 13.9. The van der Waals surface area contributed by atoms with Gasteiger partial charge in [-0.05, 0) is 171 Å². The highest BCUT2D eigenvalue weighted by atomic mass is 16.3. The Kier molecular flexibility index (Phi) is 13.0. The van der Waals surface area contributed by atoms with Crippen LogP contribution in [-0.4, -0.2) is 0 Å². The van der Waals surface area contributed by atoms with Crippen molar-refractivity contribution < 1.29 is 8.83 Å². The van der Waals surface area contributed by atoms with Crippen LogP contribution in [0.15, 0.2) is 336 Å². The van der Waals surface area contributed by atoms with Crippen molar-refractivity contribution in [2.45, 2.75) is 52.4 Å². The van der Waals surface area contributed by atoms with E-state index in [-0.39, 0.29) is 0 Å². The van der Waals surface area contributed by atoms with Gasteiger partial charge in [0.15, 0.2) is 11.2 Å². The van der Waals surface area contributed by atoms with E-state index < -0.39 is 21.7 Å². The average molecular weight is 1310 g/mol. The third-order valence-corrected chi connectivity index (χ3v) is 23.0. The van der Waals surface area contributed by atoms with Gasteiger partial charge in [0.25, 0.3) is 0 Å². The van der Waals surface area contributed by atoms with Gasteiger partial charge >= 0.3 is 0 Å². The van der Waals surface area contributed by atoms with Gasteiger partial charge in [0, 0.05) is 54.5 Å². The van der Waals surface area contributed by atoms with E-state index in [1.165, 1.54) is 88.0 Å². The first-order valence-corrected chi connectivity index (χ1v) is 35.8. The van der Waals surface area contributed by atoms with Crippen LogP contribution in [0, 0.1) is 10.8 Å². The number of hydrogen-bond donors (Lipinski definition) is 0. The molecule has 0 radical (unpaired) electrons. The largest absolute Gasteiger partial charge is 0.454 e. The molecule has 0 saturated heterocycles. The smallest absolute Gasteiger partial charge is 0.159 e. The highest BCUT2D eigenvalue weighted by molar-refractivity contribution is 6.21. The predicted octanol–water partition coefficient (Wildman–Crippen LogP) is 27.7. The number of rotatable bonds is 9. The second-order valence-corrected chi connectivity index (χ2v) is 30.1. The molecule has 2 aliphatic carbocycles. The number of benzene rings is 16. The Balaban J connectivity index is 0.963. The van der Waals surface area contributed by atoms with E-state index in [0.717, 1.165) is 99.9 Å². The van der Waals surface area contributed by atoms with Gasteiger partial charge in [-0.2, -0.15) is 0 Å². The molecule has 486 valence electrons. The van der Waals surface area contributed by atoms with Gasteiger partial charge < -0.3 is 18.6 Å². The van der Waals surface area contributed by atoms with Crippen LogP contribution in [0.25, 0.3) is 131 Å². The Morgan fingerprint density at radius 2 is 0.549 bits per heavy atom. The first-order chi connectivity index (χ1) is 49.9. The predicted molar refractivity (Wildman–Crippen MR) is 429 cm³/mol. The summed E-state index contributed by atoms with van der Waals surface area (Å²) >= 11 is 0. The van der Waals surface area contributed by atoms with E-state index in [9.17, 15) is 0 Å². The van der Waals surface area contributed by atoms with Crippen LogP contribution in [0.3, 0.4) is 0 Å². The quantitative estimate of drug-likeness (QED) is 0.144. The van der Waals surface area contributed by atoms with Crippen molar-refractivity contribution in [1.29, 1.82) is 0 Å². The maximum absolute atomic E-state index is 7.20. The zero-order valence-corrected chi connectivity index (χ0v) is 57.9. The van der Waals surface area contributed by atoms with E-state index in [4.69, 9.17) is 8.83 Å². The van der Waals surface area contributed by atoms with E-state index in [1.807, 2.05) is 0 Å². The third-order valence-electron chi connectivity index (χ3n) is 23.0. The van der Waals surface area contributed by atoms with Gasteiger partial charge in [-0.15, -0.1) is 0 Å². The highest BCUT2D eigenvalue weighted by Gasteiger charge is 2.71. The number of furan rings is 2. The van der Waals surface area contributed by atoms with Gasteiger partial charge in [0.05, 0.1) is 22.7 Å². The van der Waals surface area contributed by atoms with Crippen molar-refractivity contribution in [3.05, 3.63) is 350 Å². The second-order valence-electron chi connectivity index (χ2n) is 30.1. The molecule has 20 rings (SSSR count). The second kappa shape index (κ2) is 22.1. The molecule has 0 spiro atoms. The summed E-state index contributed by atoms with van der Waals surface area (Å²) < 4.78 is 14.4. The zero-order chi connectivity index (χ0) is 68.4. The molecule has 4 heteroatoms. The summed E-state index contributed by atoms with van der Waals surface area (Å²) in [6, 6.07) is 122. The SMILES string of the molecule is CC(C)(C)C1(C2(C(C)(C)C)c3ccc4ccccc4c3-c3c2cc(N(c2ccc(-c4ccccc4)cc2)c2cccc4c2oc2ccccc24)c2ccccc32)c2ccc3ccccc3c2-c2c1cc(N(c1ccc(-c3ccccc3)cc1)c1cccc3c1oc1ccccc13)c1ccccc21. The van der Waals surface area contributed by atoms with Gasteiger partial charge in [-0.25, -0.2) is 0 Å². The number of fused-ring (bicyclic) bond motifs is 20. The van der Waals surface area contributed by atoms with E-state index in [2.05, 4.69) is 379 Å². The number of para-hydroxylation sites is 4. The molecule has 2 unspecified atom stereocenters. The molecule has 16 aromatic carbocycles. The number of nitrogens with zero attached hydrogens (tertiary/aromatic N) is 2. The Morgan fingerprint density at radius 3 is 0.941 bits per heavy atom. The van der Waals surface area contributed by atoms with Gasteiger partial charge in [0.2, 0.25) is 0 Å². The zero-order valence-electron chi connectivity index (χ0n) is 57.9. The number of hydrogen-bond acceptors (Lipinski definition) is 4. The molecule has 102 heavy (non-hydrogen) atoms. The lowest BCUT2D eigenvalue weighted by atomic mass is 9.39.